The molecule has 0 bridgehead atoms. The number of amides is 3. The molecule has 0 radical (unpaired) electrons. The third-order valence-electron chi connectivity index (χ3n) is 1.55. The monoisotopic (exact) mass is 304 g/mol. The van der Waals surface area contributed by atoms with Crippen molar-refractivity contribution in [3.63, 3.8) is 0 Å². The first-order valence-electron chi connectivity index (χ1n) is 4.84. The molecule has 0 unspecified atom stereocenters. The molecule has 6 nitrogen and oxygen atoms in total. The molecule has 1 aromatic rings. The maximum absolute atomic E-state index is 11.4. The first kappa shape index (κ1) is 15.0. The maximum atomic E-state index is 11.4. The van der Waals surface area contributed by atoms with Crippen molar-refractivity contribution >= 4 is 46.8 Å². The van der Waals surface area contributed by atoms with E-state index in [0.29, 0.717) is 10.9 Å². The lowest BCUT2D eigenvalue weighted by Gasteiger charge is -2.03. The van der Waals surface area contributed by atoms with Gasteiger partial charge in [-0.2, -0.15) is 0 Å². The fraction of sp³-hybridized carbons (Fsp3) is 0.333. The molecule has 98 valence electrons. The van der Waals surface area contributed by atoms with Gasteiger partial charge in [0.15, 0.2) is 8.68 Å². The van der Waals surface area contributed by atoms with Crippen LogP contribution in [0.2, 0.25) is 0 Å². The summed E-state index contributed by atoms with van der Waals surface area (Å²) in [6, 6.07) is -0.525. The third kappa shape index (κ3) is 5.52. The smallest absolute Gasteiger partial charge is 0.321 e. The van der Waals surface area contributed by atoms with Crippen molar-refractivity contribution in [1.82, 2.24) is 20.8 Å². The van der Waals surface area contributed by atoms with Crippen molar-refractivity contribution in [3.05, 3.63) is 12.7 Å². The molecule has 18 heavy (non-hydrogen) atoms. The maximum Gasteiger partial charge on any atom is 0.321 e. The van der Waals surface area contributed by atoms with Gasteiger partial charge in [0.25, 0.3) is 0 Å². The van der Waals surface area contributed by atoms with Crippen LogP contribution < -0.4 is 10.6 Å². The van der Waals surface area contributed by atoms with Crippen LogP contribution in [0.15, 0.2) is 21.3 Å². The molecule has 0 atom stereocenters. The molecule has 0 aromatic carbocycles. The molecular formula is C9H12N4O2S3. The Balaban J connectivity index is 2.28. The summed E-state index contributed by atoms with van der Waals surface area (Å²) in [4.78, 5) is 22.5. The largest absolute Gasteiger partial charge is 0.334 e. The van der Waals surface area contributed by atoms with Crippen molar-refractivity contribution in [2.45, 2.75) is 8.68 Å². The molecule has 2 N–H and O–H groups in total. The summed E-state index contributed by atoms with van der Waals surface area (Å²) in [5.41, 5.74) is 0. The minimum atomic E-state index is -0.525. The van der Waals surface area contributed by atoms with E-state index >= 15 is 0 Å². The zero-order valence-corrected chi connectivity index (χ0v) is 12.1. The highest BCUT2D eigenvalue weighted by atomic mass is 32.2. The predicted molar refractivity (Wildman–Crippen MR) is 74.2 cm³/mol. The second kappa shape index (κ2) is 8.11. The van der Waals surface area contributed by atoms with Gasteiger partial charge < -0.3 is 5.32 Å². The zero-order chi connectivity index (χ0) is 13.4. The number of nitrogens with one attached hydrogen (secondary N) is 2. The molecule has 0 saturated heterocycles. The number of carbonyl (C=O) groups excluding carboxylic acids is 2. The Hall–Kier alpha value is -1.06. The summed E-state index contributed by atoms with van der Waals surface area (Å²) in [6.45, 7) is 3.77. The van der Waals surface area contributed by atoms with Gasteiger partial charge in [0.2, 0.25) is 5.91 Å². The SMILES string of the molecule is C=CCNC(=O)NC(=O)CSc1nnc(SC)s1. The van der Waals surface area contributed by atoms with Crippen LogP contribution in [0.25, 0.3) is 0 Å². The van der Waals surface area contributed by atoms with E-state index in [1.54, 1.807) is 0 Å². The minimum Gasteiger partial charge on any atom is -0.334 e. The summed E-state index contributed by atoms with van der Waals surface area (Å²) in [6.07, 6.45) is 3.44. The lowest BCUT2D eigenvalue weighted by atomic mass is 10.6. The molecule has 1 rings (SSSR count). The van der Waals surface area contributed by atoms with Gasteiger partial charge in [-0.15, -0.1) is 16.8 Å². The summed E-state index contributed by atoms with van der Waals surface area (Å²) in [5.74, 6) is -0.243. The summed E-state index contributed by atoms with van der Waals surface area (Å²) in [7, 11) is 0. The number of hydrogen-bond acceptors (Lipinski definition) is 7. The Morgan fingerprint density at radius 3 is 2.78 bits per heavy atom. The van der Waals surface area contributed by atoms with Crippen molar-refractivity contribution in [2.75, 3.05) is 18.6 Å². The number of nitrogens with zero attached hydrogens (tertiary/aromatic N) is 2. The molecule has 0 saturated carbocycles. The van der Waals surface area contributed by atoms with Crippen LogP contribution in [0.5, 0.6) is 0 Å². The molecule has 0 fully saturated rings. The Morgan fingerprint density at radius 1 is 1.44 bits per heavy atom. The number of carbonyl (C=O) groups is 2. The molecular weight excluding hydrogens is 292 g/mol. The second-order valence-electron chi connectivity index (χ2n) is 2.87. The van der Waals surface area contributed by atoms with Crippen molar-refractivity contribution < 1.29 is 9.59 Å². The Kier molecular flexibility index (Phi) is 6.76. The number of aromatic nitrogens is 2. The van der Waals surface area contributed by atoms with Crippen LogP contribution in [0.3, 0.4) is 0 Å². The molecule has 0 aliphatic heterocycles. The van der Waals surface area contributed by atoms with E-state index in [4.69, 9.17) is 0 Å². The van der Waals surface area contributed by atoms with E-state index in [9.17, 15) is 9.59 Å². The number of hydrogen-bond donors (Lipinski definition) is 2. The van der Waals surface area contributed by atoms with E-state index in [0.717, 1.165) is 4.34 Å². The molecule has 0 spiro atoms. The highest BCUT2D eigenvalue weighted by molar-refractivity contribution is 8.03. The van der Waals surface area contributed by atoms with E-state index in [1.165, 1.54) is 40.9 Å². The Morgan fingerprint density at radius 2 is 2.17 bits per heavy atom. The first-order valence-corrected chi connectivity index (χ1v) is 7.87. The van der Waals surface area contributed by atoms with Crippen LogP contribution in [-0.4, -0.2) is 40.7 Å². The van der Waals surface area contributed by atoms with Crippen LogP contribution in [-0.2, 0) is 4.79 Å². The van der Waals surface area contributed by atoms with E-state index in [2.05, 4.69) is 27.4 Å². The minimum absolute atomic E-state index is 0.129. The molecule has 9 heteroatoms. The van der Waals surface area contributed by atoms with Gasteiger partial charge in [-0.3, -0.25) is 10.1 Å². The van der Waals surface area contributed by atoms with Crippen LogP contribution in [0.1, 0.15) is 0 Å². The number of thioether (sulfide) groups is 2. The number of imide groups is 1. The van der Waals surface area contributed by atoms with Gasteiger partial charge in [-0.1, -0.05) is 40.9 Å². The van der Waals surface area contributed by atoms with Gasteiger partial charge in [-0.25, -0.2) is 4.79 Å². The summed E-state index contributed by atoms with van der Waals surface area (Å²) < 4.78 is 1.56. The molecule has 3 amide bonds. The molecule has 0 aliphatic rings. The predicted octanol–water partition coefficient (Wildman–Crippen LogP) is 1.36. The molecule has 1 heterocycles. The van der Waals surface area contributed by atoms with Crippen molar-refractivity contribution in [1.29, 1.82) is 0 Å². The normalized spacial score (nSPS) is 9.83. The summed E-state index contributed by atoms with van der Waals surface area (Å²) in [5, 5.41) is 12.5. The molecule has 0 aliphatic carbocycles. The summed E-state index contributed by atoms with van der Waals surface area (Å²) >= 11 is 4.17. The zero-order valence-electron chi connectivity index (χ0n) is 9.63. The quantitative estimate of drug-likeness (QED) is 0.610. The van der Waals surface area contributed by atoms with Crippen molar-refractivity contribution in [2.24, 2.45) is 0 Å². The number of rotatable bonds is 6. The van der Waals surface area contributed by atoms with Gasteiger partial charge in [-0.05, 0) is 6.26 Å². The van der Waals surface area contributed by atoms with Crippen molar-refractivity contribution in [3.8, 4) is 0 Å². The topological polar surface area (TPSA) is 84.0 Å². The average Bonchev–Trinajstić information content (AvgIpc) is 2.82. The van der Waals surface area contributed by atoms with Crippen LogP contribution in [0, 0.1) is 0 Å². The second-order valence-corrected chi connectivity index (χ2v) is 6.13. The van der Waals surface area contributed by atoms with Gasteiger partial charge >= 0.3 is 6.03 Å². The van der Waals surface area contributed by atoms with Crippen LogP contribution in [0.4, 0.5) is 4.79 Å². The third-order valence-corrected chi connectivity index (χ3v) is 4.58. The van der Waals surface area contributed by atoms with E-state index < -0.39 is 6.03 Å². The van der Waals surface area contributed by atoms with Crippen LogP contribution >= 0.6 is 34.9 Å². The lowest BCUT2D eigenvalue weighted by Crippen LogP contribution is -2.40. The standard InChI is InChI=1S/C9H12N4O2S3/c1-3-4-10-7(15)11-6(14)5-17-9-13-12-8(16-2)18-9/h3H,1,4-5H2,2H3,(H2,10,11,14,15). The Labute approximate surface area is 117 Å². The average molecular weight is 304 g/mol. The van der Waals surface area contributed by atoms with Gasteiger partial charge in [0.05, 0.1) is 5.75 Å². The Bertz CT molecular complexity index is 435. The van der Waals surface area contributed by atoms with Gasteiger partial charge in [0, 0.05) is 6.54 Å². The first-order chi connectivity index (χ1) is 8.65. The lowest BCUT2D eigenvalue weighted by molar-refractivity contribution is -0.117. The highest BCUT2D eigenvalue weighted by Crippen LogP contribution is 2.26. The van der Waals surface area contributed by atoms with E-state index in [1.807, 2.05) is 6.26 Å². The fourth-order valence-corrected chi connectivity index (χ4v) is 3.08. The van der Waals surface area contributed by atoms with E-state index in [-0.39, 0.29) is 11.7 Å². The number of urea groups is 1. The highest BCUT2D eigenvalue weighted by Gasteiger charge is 2.09. The fourth-order valence-electron chi connectivity index (χ4n) is 0.837. The molecule has 1 aromatic heterocycles. The van der Waals surface area contributed by atoms with Gasteiger partial charge in [0.1, 0.15) is 0 Å².